The monoisotopic (exact) mass is 420 g/mol. The third kappa shape index (κ3) is 4.98. The van der Waals surface area contributed by atoms with Crippen molar-refractivity contribution in [2.75, 3.05) is 13.6 Å². The quantitative estimate of drug-likeness (QED) is 0.652. The fraction of sp³-hybridized carbons (Fsp3) is 0.870. The van der Waals surface area contributed by atoms with Crippen molar-refractivity contribution < 1.29 is 14.4 Å². The summed E-state index contributed by atoms with van der Waals surface area (Å²) in [6, 6.07) is 0.392. The maximum atomic E-state index is 13.3. The topological polar surface area (TPSA) is 90.5 Å². The first-order chi connectivity index (χ1) is 14.2. The van der Waals surface area contributed by atoms with E-state index in [1.54, 1.807) is 0 Å². The predicted octanol–water partition coefficient (Wildman–Crippen LogP) is 2.51. The van der Waals surface area contributed by atoms with Crippen molar-refractivity contribution in [3.05, 3.63) is 0 Å². The van der Waals surface area contributed by atoms with Crippen LogP contribution in [0.3, 0.4) is 0 Å². The number of likely N-dealkylation sites (tertiary alicyclic amines) is 1. The number of fused-ring (bicyclic) bond motifs is 1. The molecule has 3 fully saturated rings. The summed E-state index contributed by atoms with van der Waals surface area (Å²) in [5, 5.41) is 8.89. The number of amides is 4. The van der Waals surface area contributed by atoms with Crippen molar-refractivity contribution in [3.8, 4) is 0 Å². The van der Waals surface area contributed by atoms with Gasteiger partial charge in [0.25, 0.3) is 0 Å². The van der Waals surface area contributed by atoms with Crippen LogP contribution in [0.1, 0.15) is 66.2 Å². The Morgan fingerprint density at radius 2 is 1.93 bits per heavy atom. The van der Waals surface area contributed by atoms with Crippen LogP contribution in [-0.4, -0.2) is 54.5 Å². The minimum Gasteiger partial charge on any atom is -0.342 e. The van der Waals surface area contributed by atoms with E-state index in [9.17, 15) is 14.4 Å². The van der Waals surface area contributed by atoms with Gasteiger partial charge in [-0.25, -0.2) is 4.79 Å². The van der Waals surface area contributed by atoms with Crippen LogP contribution in [0.4, 0.5) is 4.79 Å². The lowest BCUT2D eigenvalue weighted by atomic mass is 9.64. The summed E-state index contributed by atoms with van der Waals surface area (Å²) in [7, 11) is 1.96. The molecule has 3 rings (SSSR count). The van der Waals surface area contributed by atoms with Crippen LogP contribution in [0.25, 0.3) is 0 Å². The number of carbonyl (C=O) groups is 3. The van der Waals surface area contributed by atoms with Gasteiger partial charge >= 0.3 is 6.03 Å². The fourth-order valence-corrected chi connectivity index (χ4v) is 5.78. The lowest BCUT2D eigenvalue weighted by molar-refractivity contribution is -0.149. The minimum absolute atomic E-state index is 0.0222. The van der Waals surface area contributed by atoms with E-state index >= 15 is 0 Å². The van der Waals surface area contributed by atoms with Crippen LogP contribution in [0, 0.1) is 29.6 Å². The van der Waals surface area contributed by atoms with Crippen molar-refractivity contribution in [2.24, 2.45) is 29.6 Å². The molecule has 3 aliphatic rings. The maximum absolute atomic E-state index is 13.3. The van der Waals surface area contributed by atoms with E-state index in [2.05, 4.69) is 29.8 Å². The normalized spacial score (nSPS) is 37.8. The second-order valence-corrected chi connectivity index (χ2v) is 10.1. The highest BCUT2D eigenvalue weighted by Crippen LogP contribution is 2.44. The van der Waals surface area contributed by atoms with Crippen molar-refractivity contribution in [3.63, 3.8) is 0 Å². The Kier molecular flexibility index (Phi) is 7.43. The molecule has 1 saturated carbocycles. The van der Waals surface area contributed by atoms with E-state index in [0.717, 1.165) is 38.6 Å². The van der Waals surface area contributed by atoms with Crippen LogP contribution in [0.15, 0.2) is 0 Å². The molecule has 2 saturated heterocycles. The van der Waals surface area contributed by atoms with Gasteiger partial charge in [0, 0.05) is 43.6 Å². The maximum Gasteiger partial charge on any atom is 0.321 e. The molecule has 0 aromatic carbocycles. The lowest BCUT2D eigenvalue weighted by Gasteiger charge is -2.50. The fourth-order valence-electron chi connectivity index (χ4n) is 5.78. The Morgan fingerprint density at radius 1 is 1.20 bits per heavy atom. The average molecular weight is 421 g/mol. The Labute approximate surface area is 181 Å². The molecule has 7 nitrogen and oxygen atoms in total. The van der Waals surface area contributed by atoms with E-state index in [-0.39, 0.29) is 35.6 Å². The van der Waals surface area contributed by atoms with Gasteiger partial charge in [0.05, 0.1) is 0 Å². The van der Waals surface area contributed by atoms with E-state index in [4.69, 9.17) is 0 Å². The molecule has 0 radical (unpaired) electrons. The molecule has 0 bridgehead atoms. The Morgan fingerprint density at radius 3 is 2.63 bits per heavy atom. The molecule has 4 amide bonds. The van der Waals surface area contributed by atoms with Gasteiger partial charge in [0.1, 0.15) is 0 Å². The van der Waals surface area contributed by atoms with Gasteiger partial charge in [0.15, 0.2) is 0 Å². The van der Waals surface area contributed by atoms with Gasteiger partial charge in [-0.05, 0) is 70.1 Å². The number of carbonyl (C=O) groups excluding carboxylic acids is 3. The summed E-state index contributed by atoms with van der Waals surface area (Å²) < 4.78 is 0. The van der Waals surface area contributed by atoms with E-state index in [1.165, 1.54) is 0 Å². The van der Waals surface area contributed by atoms with Gasteiger partial charge in [0.2, 0.25) is 11.8 Å². The highest BCUT2D eigenvalue weighted by molar-refractivity contribution is 5.95. The van der Waals surface area contributed by atoms with Gasteiger partial charge in [-0.2, -0.15) is 0 Å². The summed E-state index contributed by atoms with van der Waals surface area (Å²) in [5.41, 5.74) is 0. The summed E-state index contributed by atoms with van der Waals surface area (Å²) in [4.78, 5) is 40.1. The van der Waals surface area contributed by atoms with Crippen molar-refractivity contribution in [2.45, 2.75) is 84.3 Å². The van der Waals surface area contributed by atoms with Gasteiger partial charge < -0.3 is 15.5 Å². The molecular weight excluding hydrogens is 380 g/mol. The second-order valence-electron chi connectivity index (χ2n) is 10.1. The second kappa shape index (κ2) is 9.67. The number of hydrogen-bond acceptors (Lipinski definition) is 4. The molecule has 0 aromatic heterocycles. The number of nitrogens with zero attached hydrogens (tertiary/aromatic N) is 1. The highest BCUT2D eigenvalue weighted by Gasteiger charge is 2.47. The molecule has 2 aliphatic heterocycles. The lowest BCUT2D eigenvalue weighted by Crippen LogP contribution is -2.60. The third-order valence-corrected chi connectivity index (χ3v) is 7.96. The van der Waals surface area contributed by atoms with Gasteiger partial charge in [-0.1, -0.05) is 13.8 Å². The molecule has 2 heterocycles. The average Bonchev–Trinajstić information content (AvgIpc) is 2.71. The zero-order valence-corrected chi connectivity index (χ0v) is 19.2. The van der Waals surface area contributed by atoms with Crippen LogP contribution in [-0.2, 0) is 9.59 Å². The molecule has 1 aliphatic carbocycles. The number of rotatable bonds is 4. The number of urea groups is 1. The predicted molar refractivity (Wildman–Crippen MR) is 117 cm³/mol. The van der Waals surface area contributed by atoms with Crippen LogP contribution in [0.5, 0.6) is 0 Å². The van der Waals surface area contributed by atoms with E-state index in [0.29, 0.717) is 30.3 Å². The number of hydrogen-bond donors (Lipinski definition) is 3. The van der Waals surface area contributed by atoms with Crippen molar-refractivity contribution >= 4 is 17.8 Å². The molecule has 3 N–H and O–H groups in total. The largest absolute Gasteiger partial charge is 0.342 e. The highest BCUT2D eigenvalue weighted by atomic mass is 16.2. The smallest absolute Gasteiger partial charge is 0.321 e. The first kappa shape index (κ1) is 23.0. The van der Waals surface area contributed by atoms with Crippen LogP contribution < -0.4 is 16.0 Å². The third-order valence-electron chi connectivity index (χ3n) is 7.96. The molecule has 8 unspecified atom stereocenters. The molecule has 0 spiro atoms. The molecular formula is C23H40N4O3. The summed E-state index contributed by atoms with van der Waals surface area (Å²) in [5.74, 6) is 0.921. The van der Waals surface area contributed by atoms with E-state index in [1.807, 2.05) is 25.8 Å². The van der Waals surface area contributed by atoms with Crippen LogP contribution >= 0.6 is 0 Å². The van der Waals surface area contributed by atoms with Gasteiger partial charge in [-0.15, -0.1) is 0 Å². The number of piperidine rings is 2. The molecule has 30 heavy (non-hydrogen) atoms. The molecule has 0 aromatic rings. The molecule has 8 atom stereocenters. The zero-order chi connectivity index (χ0) is 22.0. The van der Waals surface area contributed by atoms with Gasteiger partial charge in [-0.3, -0.25) is 14.9 Å². The SMILES string of the molecule is CCC(C)NC(=O)NC(=O)C1CCC(C)C(C2CC3CNC(C)CC3N(C)C2=O)C1. The van der Waals surface area contributed by atoms with Crippen molar-refractivity contribution in [1.82, 2.24) is 20.9 Å². The number of imide groups is 1. The Bertz CT molecular complexity index is 654. The zero-order valence-electron chi connectivity index (χ0n) is 19.2. The minimum atomic E-state index is -0.414. The summed E-state index contributed by atoms with van der Waals surface area (Å²) >= 11 is 0. The Balaban J connectivity index is 1.64. The first-order valence-corrected chi connectivity index (χ1v) is 11.8. The molecule has 7 heteroatoms. The summed E-state index contributed by atoms with van der Waals surface area (Å²) in [6.07, 6.45) is 5.13. The summed E-state index contributed by atoms with van der Waals surface area (Å²) in [6.45, 7) is 9.27. The first-order valence-electron chi connectivity index (χ1n) is 11.8. The molecule has 170 valence electrons. The van der Waals surface area contributed by atoms with E-state index < -0.39 is 6.03 Å². The number of nitrogens with one attached hydrogen (secondary N) is 3. The Hall–Kier alpha value is -1.63. The standard InChI is InChI=1S/C23H40N4O3/c1-6-14(3)25-23(30)26-21(28)16-8-7-13(2)18(10-16)19-11-17-12-24-15(4)9-20(17)27(5)22(19)29/h13-20,24H,6-12H2,1-5H3,(H2,25,26,28,30). The van der Waals surface area contributed by atoms with Crippen LogP contribution in [0.2, 0.25) is 0 Å². The van der Waals surface area contributed by atoms with Crippen molar-refractivity contribution in [1.29, 1.82) is 0 Å².